The Labute approximate surface area is 255 Å². The Balaban J connectivity index is 1.39. The summed E-state index contributed by atoms with van der Waals surface area (Å²) >= 11 is 0. The van der Waals surface area contributed by atoms with Crippen molar-refractivity contribution >= 4 is 28.8 Å². The third kappa shape index (κ3) is 6.44. The molecule has 5 rings (SSSR count). The molecule has 4 aromatic rings. The van der Waals surface area contributed by atoms with E-state index in [1.165, 1.54) is 16.8 Å². The van der Waals surface area contributed by atoms with E-state index >= 15 is 0 Å². The van der Waals surface area contributed by atoms with Gasteiger partial charge in [-0.2, -0.15) is 13.2 Å². The molecule has 0 radical (unpaired) electrons. The van der Waals surface area contributed by atoms with Crippen LogP contribution in [0.15, 0.2) is 78.8 Å². The van der Waals surface area contributed by atoms with E-state index in [9.17, 15) is 22.4 Å². The lowest BCUT2D eigenvalue weighted by Gasteiger charge is -2.22. The van der Waals surface area contributed by atoms with E-state index in [2.05, 4.69) is 25.9 Å². The number of alkyl halides is 4. The fraction of sp³-hybridized carbons (Fsp3) is 0.226. The maximum absolute atomic E-state index is 14.4. The molecule has 0 aliphatic heterocycles. The third-order valence-corrected chi connectivity index (χ3v) is 7.23. The van der Waals surface area contributed by atoms with Crippen molar-refractivity contribution in [1.82, 2.24) is 19.7 Å². The number of nitrogens with zero attached hydrogens (tertiary/aromatic N) is 3. The molecule has 1 amide bonds. The van der Waals surface area contributed by atoms with Gasteiger partial charge >= 0.3 is 6.18 Å². The highest BCUT2D eigenvalue weighted by atomic mass is 19.4. The summed E-state index contributed by atoms with van der Waals surface area (Å²) in [6.45, 7) is 0.335. The number of ether oxygens (including phenoxy) is 2. The number of hydrogen-bond acceptors (Lipinski definition) is 8. The van der Waals surface area contributed by atoms with E-state index < -0.39 is 29.9 Å². The normalized spacial score (nSPS) is 16.2. The van der Waals surface area contributed by atoms with E-state index in [1.54, 1.807) is 51.7 Å². The second kappa shape index (κ2) is 12.7. The molecule has 0 saturated carbocycles. The van der Waals surface area contributed by atoms with Crippen molar-refractivity contribution in [3.8, 4) is 11.5 Å². The Morgan fingerprint density at radius 1 is 1.11 bits per heavy atom. The van der Waals surface area contributed by atoms with Crippen molar-refractivity contribution in [2.24, 2.45) is 0 Å². The number of rotatable bonds is 10. The molecule has 4 N–H and O–H groups in total. The number of carbonyl (C=O) groups is 1. The number of anilines is 2. The zero-order valence-corrected chi connectivity index (χ0v) is 24.4. The van der Waals surface area contributed by atoms with Gasteiger partial charge in [0.2, 0.25) is 0 Å². The number of aromatic nitrogens is 3. The van der Waals surface area contributed by atoms with Gasteiger partial charge in [-0.1, -0.05) is 6.08 Å². The van der Waals surface area contributed by atoms with E-state index in [1.807, 2.05) is 12.1 Å². The van der Waals surface area contributed by atoms with Gasteiger partial charge in [0.15, 0.2) is 0 Å². The lowest BCUT2D eigenvalue weighted by Crippen LogP contribution is -2.41. The smallest absolute Gasteiger partial charge is 0.416 e. The monoisotopic (exact) mass is 623 g/mol. The van der Waals surface area contributed by atoms with Crippen LogP contribution in [0, 0.1) is 5.41 Å². The molecule has 1 aliphatic rings. The van der Waals surface area contributed by atoms with Gasteiger partial charge < -0.3 is 25.4 Å². The molecule has 2 unspecified atom stereocenters. The summed E-state index contributed by atoms with van der Waals surface area (Å²) in [6.07, 6.45) is -0.104. The van der Waals surface area contributed by atoms with Gasteiger partial charge in [-0.15, -0.1) is 0 Å². The molecule has 2 atom stereocenters. The fourth-order valence-electron chi connectivity index (χ4n) is 4.87. The molecule has 3 aromatic heterocycles. The molecule has 3 heterocycles. The minimum atomic E-state index is -4.68. The van der Waals surface area contributed by atoms with Crippen LogP contribution in [-0.2, 0) is 6.54 Å². The number of nitrogens with one attached hydrogen (secondary N) is 4. The number of allylic oxidation sites excluding steroid dienone is 2. The number of methoxy groups -OCH3 is 2. The molecule has 1 aliphatic carbocycles. The number of hydrogen-bond donors (Lipinski definition) is 4. The molecule has 0 bridgehead atoms. The summed E-state index contributed by atoms with van der Waals surface area (Å²) in [7, 11) is 4.85. The van der Waals surface area contributed by atoms with Crippen LogP contribution in [0.2, 0.25) is 0 Å². The first-order chi connectivity index (χ1) is 21.5. The quantitative estimate of drug-likeness (QED) is 0.139. The standard InChI is InChI=1S/C31H29F4N7O3/c1-37-22-8-10-38-29(40-15-18-4-6-20(44-2)14-25(18)45-3)27(22)28(36)17-9-11-42-24(16-39-26(42)12-17)30(43)41-23-13-19(31(33,34)35)5-7-21(23)32/h4-14,16,21,23,36H,15H2,1-3H3,(H,41,43)(H2,37,38,40). The minimum absolute atomic E-state index is 0.0140. The Morgan fingerprint density at radius 2 is 1.91 bits per heavy atom. The highest BCUT2D eigenvalue weighted by molar-refractivity contribution is 6.17. The first-order valence-corrected chi connectivity index (χ1v) is 13.6. The summed E-state index contributed by atoms with van der Waals surface area (Å²) in [5, 5.41) is 17.8. The molecular weight excluding hydrogens is 594 g/mol. The largest absolute Gasteiger partial charge is 0.497 e. The fourth-order valence-corrected chi connectivity index (χ4v) is 4.87. The highest BCUT2D eigenvalue weighted by Gasteiger charge is 2.36. The van der Waals surface area contributed by atoms with Crippen LogP contribution in [-0.4, -0.2) is 65.6 Å². The van der Waals surface area contributed by atoms with Crippen molar-refractivity contribution in [3.05, 3.63) is 101 Å². The van der Waals surface area contributed by atoms with E-state index in [0.717, 1.165) is 11.6 Å². The maximum Gasteiger partial charge on any atom is 0.416 e. The predicted molar refractivity (Wildman–Crippen MR) is 161 cm³/mol. The topological polar surface area (TPSA) is 126 Å². The Hall–Kier alpha value is -5.40. The molecule has 45 heavy (non-hydrogen) atoms. The van der Waals surface area contributed by atoms with Crippen LogP contribution in [0.3, 0.4) is 0 Å². The maximum atomic E-state index is 14.4. The molecule has 0 saturated heterocycles. The van der Waals surface area contributed by atoms with Crippen molar-refractivity contribution in [3.63, 3.8) is 0 Å². The molecule has 0 spiro atoms. The first kappa shape index (κ1) is 31.0. The van der Waals surface area contributed by atoms with Crippen LogP contribution < -0.4 is 25.4 Å². The van der Waals surface area contributed by atoms with Crippen LogP contribution in [0.1, 0.15) is 27.2 Å². The van der Waals surface area contributed by atoms with Gasteiger partial charge in [0.25, 0.3) is 5.91 Å². The molecule has 1 aromatic carbocycles. The van der Waals surface area contributed by atoms with Crippen LogP contribution in [0.4, 0.5) is 29.1 Å². The Morgan fingerprint density at radius 3 is 2.62 bits per heavy atom. The zero-order chi connectivity index (χ0) is 32.3. The summed E-state index contributed by atoms with van der Waals surface area (Å²) in [6, 6.07) is 8.85. The lowest BCUT2D eigenvalue weighted by molar-refractivity contribution is -0.0889. The van der Waals surface area contributed by atoms with Crippen LogP contribution in [0.25, 0.3) is 5.65 Å². The second-order valence-electron chi connectivity index (χ2n) is 9.95. The molecule has 234 valence electrons. The summed E-state index contributed by atoms with van der Waals surface area (Å²) < 4.78 is 65.9. The number of fused-ring (bicyclic) bond motifs is 1. The Bertz CT molecular complexity index is 1820. The van der Waals surface area contributed by atoms with E-state index in [4.69, 9.17) is 14.9 Å². The van der Waals surface area contributed by atoms with Crippen molar-refractivity contribution in [2.45, 2.75) is 24.9 Å². The SMILES string of the molecule is CNc1ccnc(NCc2ccc(OC)cc2OC)c1C(=N)c1ccn2c(C(=O)NC3C=C(C(F)(F)F)C=CC3F)cnc2c1. The first-order valence-electron chi connectivity index (χ1n) is 13.6. The number of imidazole rings is 1. The van der Waals surface area contributed by atoms with Gasteiger partial charge in [0.05, 0.1) is 43.3 Å². The second-order valence-corrected chi connectivity index (χ2v) is 9.95. The lowest BCUT2D eigenvalue weighted by atomic mass is 10.0. The van der Waals surface area contributed by atoms with Gasteiger partial charge in [-0.3, -0.25) is 14.6 Å². The average molecular weight is 624 g/mol. The highest BCUT2D eigenvalue weighted by Crippen LogP contribution is 2.31. The van der Waals surface area contributed by atoms with E-state index in [0.29, 0.717) is 58.5 Å². The summed E-state index contributed by atoms with van der Waals surface area (Å²) in [4.78, 5) is 21.7. The zero-order valence-electron chi connectivity index (χ0n) is 24.4. The predicted octanol–water partition coefficient (Wildman–Crippen LogP) is 5.31. The number of benzene rings is 1. The number of pyridine rings is 2. The number of halogens is 4. The van der Waals surface area contributed by atoms with Gasteiger partial charge in [0, 0.05) is 48.9 Å². The van der Waals surface area contributed by atoms with Crippen LogP contribution in [0.5, 0.6) is 11.5 Å². The van der Waals surface area contributed by atoms with Gasteiger partial charge in [-0.25, -0.2) is 14.4 Å². The minimum Gasteiger partial charge on any atom is -0.497 e. The molecule has 0 fully saturated rings. The van der Waals surface area contributed by atoms with Crippen molar-refractivity contribution in [1.29, 1.82) is 5.41 Å². The van der Waals surface area contributed by atoms with Crippen LogP contribution >= 0.6 is 0 Å². The molecular formula is C31H29F4N7O3. The van der Waals surface area contributed by atoms with Gasteiger partial charge in [-0.05, 0) is 42.5 Å². The summed E-state index contributed by atoms with van der Waals surface area (Å²) in [5.74, 6) is 0.887. The van der Waals surface area contributed by atoms with Crippen molar-refractivity contribution in [2.75, 3.05) is 31.9 Å². The Kier molecular flexibility index (Phi) is 8.75. The molecule has 10 nitrogen and oxygen atoms in total. The number of carbonyl (C=O) groups excluding carboxylic acids is 1. The molecule has 14 heteroatoms. The number of amides is 1. The summed E-state index contributed by atoms with van der Waals surface area (Å²) in [5.41, 5.74) is 1.74. The average Bonchev–Trinajstić information content (AvgIpc) is 3.47. The third-order valence-electron chi connectivity index (χ3n) is 7.23. The van der Waals surface area contributed by atoms with E-state index in [-0.39, 0.29) is 11.4 Å². The van der Waals surface area contributed by atoms with Crippen molar-refractivity contribution < 1.29 is 31.8 Å². The van der Waals surface area contributed by atoms with Gasteiger partial charge in [0.1, 0.15) is 34.8 Å².